The third-order valence-corrected chi connectivity index (χ3v) is 4.11. The van der Waals surface area contributed by atoms with E-state index in [9.17, 15) is 13.2 Å². The molecule has 27 heavy (non-hydrogen) atoms. The number of nitrogens with zero attached hydrogens (tertiary/aromatic N) is 2. The molecule has 1 atom stereocenters. The van der Waals surface area contributed by atoms with Crippen LogP contribution < -0.4 is 10.6 Å². The van der Waals surface area contributed by atoms with Gasteiger partial charge >= 0.3 is 6.18 Å². The molecule has 1 aromatic heterocycles. The molecular weight excluding hydrogens is 468 g/mol. The van der Waals surface area contributed by atoms with E-state index >= 15 is 0 Å². The number of aromatic nitrogens is 1. The molecule has 0 aliphatic rings. The van der Waals surface area contributed by atoms with Gasteiger partial charge in [-0.05, 0) is 55.2 Å². The van der Waals surface area contributed by atoms with E-state index in [1.54, 1.807) is 26.2 Å². The highest BCUT2D eigenvalue weighted by Gasteiger charge is 2.30. The number of rotatable bonds is 5. The molecule has 0 bridgehead atoms. The van der Waals surface area contributed by atoms with Gasteiger partial charge in [0.2, 0.25) is 0 Å². The number of aryl methyl sites for hydroxylation is 1. The minimum atomic E-state index is -4.35. The summed E-state index contributed by atoms with van der Waals surface area (Å²) < 4.78 is 38.6. The maximum absolute atomic E-state index is 12.9. The summed E-state index contributed by atoms with van der Waals surface area (Å²) in [6, 6.07) is 6.97. The largest absolute Gasteiger partial charge is 0.416 e. The van der Waals surface area contributed by atoms with E-state index in [0.717, 1.165) is 24.1 Å². The highest BCUT2D eigenvalue weighted by molar-refractivity contribution is 14.0. The highest BCUT2D eigenvalue weighted by atomic mass is 127. The van der Waals surface area contributed by atoms with Crippen LogP contribution in [0.15, 0.2) is 47.7 Å². The van der Waals surface area contributed by atoms with Crippen LogP contribution in [0.1, 0.15) is 35.2 Å². The molecule has 0 spiro atoms. The van der Waals surface area contributed by atoms with Crippen molar-refractivity contribution in [2.45, 2.75) is 32.5 Å². The minimum Gasteiger partial charge on any atom is -0.356 e. The van der Waals surface area contributed by atoms with Crippen LogP contribution in [-0.2, 0) is 12.6 Å². The Hall–Kier alpha value is -1.84. The molecule has 0 saturated heterocycles. The van der Waals surface area contributed by atoms with Gasteiger partial charge in [0.25, 0.3) is 0 Å². The maximum atomic E-state index is 12.9. The van der Waals surface area contributed by atoms with Crippen LogP contribution in [0, 0.1) is 6.92 Å². The third-order valence-electron chi connectivity index (χ3n) is 4.11. The third kappa shape index (κ3) is 7.00. The first kappa shape index (κ1) is 23.2. The minimum absolute atomic E-state index is 0. The summed E-state index contributed by atoms with van der Waals surface area (Å²) >= 11 is 0. The Balaban J connectivity index is 0.00000364. The Morgan fingerprint density at radius 3 is 2.63 bits per heavy atom. The highest BCUT2D eigenvalue weighted by Crippen LogP contribution is 2.30. The number of hydrogen-bond donors (Lipinski definition) is 2. The van der Waals surface area contributed by atoms with Crippen LogP contribution >= 0.6 is 24.0 Å². The zero-order valence-corrected chi connectivity index (χ0v) is 17.8. The first-order chi connectivity index (χ1) is 12.3. The van der Waals surface area contributed by atoms with Crippen molar-refractivity contribution >= 4 is 29.9 Å². The summed E-state index contributed by atoms with van der Waals surface area (Å²) in [7, 11) is 1.63. The molecule has 4 nitrogen and oxygen atoms in total. The van der Waals surface area contributed by atoms with Gasteiger partial charge in [0.05, 0.1) is 11.6 Å². The van der Waals surface area contributed by atoms with Crippen molar-refractivity contribution in [3.63, 3.8) is 0 Å². The Bertz CT molecular complexity index is 763. The molecule has 0 amide bonds. The number of pyridine rings is 1. The molecule has 1 unspecified atom stereocenters. The maximum Gasteiger partial charge on any atom is 0.416 e. The number of alkyl halides is 3. The van der Waals surface area contributed by atoms with Gasteiger partial charge in [-0.25, -0.2) is 0 Å². The van der Waals surface area contributed by atoms with E-state index < -0.39 is 11.7 Å². The molecule has 2 aromatic rings. The van der Waals surface area contributed by atoms with Gasteiger partial charge in [-0.1, -0.05) is 12.1 Å². The van der Waals surface area contributed by atoms with Crippen LogP contribution in [0.2, 0.25) is 0 Å². The molecule has 2 N–H and O–H groups in total. The second-order valence-corrected chi connectivity index (χ2v) is 6.04. The second-order valence-electron chi connectivity index (χ2n) is 6.04. The van der Waals surface area contributed by atoms with Crippen molar-refractivity contribution in [3.8, 4) is 0 Å². The lowest BCUT2D eigenvalue weighted by Crippen LogP contribution is -2.39. The van der Waals surface area contributed by atoms with E-state index in [2.05, 4.69) is 20.6 Å². The smallest absolute Gasteiger partial charge is 0.356 e. The van der Waals surface area contributed by atoms with Crippen LogP contribution in [0.3, 0.4) is 0 Å². The van der Waals surface area contributed by atoms with Gasteiger partial charge in [0.1, 0.15) is 0 Å². The molecule has 0 radical (unpaired) electrons. The first-order valence-electron chi connectivity index (χ1n) is 8.35. The van der Waals surface area contributed by atoms with Gasteiger partial charge in [-0.2, -0.15) is 13.2 Å². The fraction of sp³-hybridized carbons (Fsp3) is 0.368. The van der Waals surface area contributed by atoms with Crippen molar-refractivity contribution < 1.29 is 13.2 Å². The lowest BCUT2D eigenvalue weighted by Gasteiger charge is -2.19. The summed E-state index contributed by atoms with van der Waals surface area (Å²) in [6.07, 6.45) is 0.0221. The summed E-state index contributed by atoms with van der Waals surface area (Å²) in [4.78, 5) is 8.20. The Kier molecular flexibility index (Phi) is 9.01. The van der Waals surface area contributed by atoms with Crippen LogP contribution in [0.25, 0.3) is 0 Å². The van der Waals surface area contributed by atoms with Gasteiger partial charge in [0, 0.05) is 26.0 Å². The summed E-state index contributed by atoms with van der Waals surface area (Å²) in [5, 5.41) is 6.31. The SMILES string of the molecule is CN=C(NCCc1ccncc1C)NC(C)c1cccc(C(F)(F)F)c1.I. The van der Waals surface area contributed by atoms with E-state index in [1.165, 1.54) is 11.6 Å². The first-order valence-corrected chi connectivity index (χ1v) is 8.35. The van der Waals surface area contributed by atoms with E-state index in [-0.39, 0.29) is 30.0 Å². The monoisotopic (exact) mass is 492 g/mol. The number of benzene rings is 1. The van der Waals surface area contributed by atoms with Crippen molar-refractivity contribution in [1.29, 1.82) is 0 Å². The van der Waals surface area contributed by atoms with Crippen molar-refractivity contribution in [2.75, 3.05) is 13.6 Å². The Labute approximate surface area is 174 Å². The van der Waals surface area contributed by atoms with Crippen molar-refractivity contribution in [3.05, 3.63) is 65.0 Å². The molecule has 1 heterocycles. The summed E-state index contributed by atoms with van der Waals surface area (Å²) in [5.41, 5.74) is 2.20. The number of hydrogen-bond acceptors (Lipinski definition) is 2. The second kappa shape index (κ2) is 10.5. The predicted octanol–water partition coefficient (Wildman–Crippen LogP) is 4.50. The molecule has 1 aromatic carbocycles. The molecular formula is C19H24F3IN4. The van der Waals surface area contributed by atoms with Gasteiger partial charge < -0.3 is 10.6 Å². The molecule has 2 rings (SSSR count). The quantitative estimate of drug-likeness (QED) is 0.368. The normalized spacial score (nSPS) is 12.9. The Morgan fingerprint density at radius 1 is 1.26 bits per heavy atom. The number of guanidine groups is 1. The topological polar surface area (TPSA) is 49.3 Å². The zero-order chi connectivity index (χ0) is 19.2. The molecule has 148 valence electrons. The number of aliphatic imine (C=N–C) groups is 1. The van der Waals surface area contributed by atoms with Crippen LogP contribution in [-0.4, -0.2) is 24.5 Å². The standard InChI is InChI=1S/C19H23F3N4.HI/c1-13-12-24-9-7-15(13)8-10-25-18(23-3)26-14(2)16-5-4-6-17(11-16)19(20,21)22;/h4-7,9,11-12,14H,8,10H2,1-3H3,(H2,23,25,26);1H. The lowest BCUT2D eigenvalue weighted by atomic mass is 10.1. The fourth-order valence-electron chi connectivity index (χ4n) is 2.57. The lowest BCUT2D eigenvalue weighted by molar-refractivity contribution is -0.137. The van der Waals surface area contributed by atoms with Crippen molar-refractivity contribution in [2.24, 2.45) is 4.99 Å². The Morgan fingerprint density at radius 2 is 2.00 bits per heavy atom. The molecule has 0 saturated carbocycles. The molecule has 8 heteroatoms. The van der Waals surface area contributed by atoms with E-state index in [0.29, 0.717) is 18.1 Å². The van der Waals surface area contributed by atoms with Gasteiger partial charge in [-0.3, -0.25) is 9.98 Å². The summed E-state index contributed by atoms with van der Waals surface area (Å²) in [6.45, 7) is 4.46. The van der Waals surface area contributed by atoms with E-state index in [4.69, 9.17) is 0 Å². The van der Waals surface area contributed by atoms with Crippen molar-refractivity contribution in [1.82, 2.24) is 15.6 Å². The van der Waals surface area contributed by atoms with Crippen LogP contribution in [0.5, 0.6) is 0 Å². The van der Waals surface area contributed by atoms with Gasteiger partial charge in [-0.15, -0.1) is 24.0 Å². The number of nitrogens with one attached hydrogen (secondary N) is 2. The molecule has 0 aliphatic heterocycles. The summed E-state index contributed by atoms with van der Waals surface area (Å²) in [5.74, 6) is 0.543. The zero-order valence-electron chi connectivity index (χ0n) is 15.5. The molecule has 0 aliphatic carbocycles. The average Bonchev–Trinajstić information content (AvgIpc) is 2.61. The number of halogens is 4. The molecule has 0 fully saturated rings. The van der Waals surface area contributed by atoms with Crippen LogP contribution in [0.4, 0.5) is 13.2 Å². The average molecular weight is 492 g/mol. The predicted molar refractivity (Wildman–Crippen MR) is 112 cm³/mol. The van der Waals surface area contributed by atoms with E-state index in [1.807, 2.05) is 19.2 Å². The van der Waals surface area contributed by atoms with Gasteiger partial charge in [0.15, 0.2) is 5.96 Å². The fourth-order valence-corrected chi connectivity index (χ4v) is 2.57.